The summed E-state index contributed by atoms with van der Waals surface area (Å²) < 4.78 is 0. The molecule has 1 radical (unpaired) electrons. The van der Waals surface area contributed by atoms with Gasteiger partial charge in [0.05, 0.1) is 5.11 Å². The van der Waals surface area contributed by atoms with E-state index in [1.165, 1.54) is 0 Å². The third-order valence-corrected chi connectivity index (χ3v) is 0.331. The minimum absolute atomic E-state index is 1.58. The Balaban J connectivity index is 2.61. The van der Waals surface area contributed by atoms with Crippen LogP contribution < -0.4 is 10.5 Å². The maximum absolute atomic E-state index is 3.42. The van der Waals surface area contributed by atoms with E-state index in [9.17, 15) is 0 Å². The van der Waals surface area contributed by atoms with Crippen molar-refractivity contribution in [1.29, 1.82) is 0 Å². The highest BCUT2D eigenvalue weighted by Gasteiger charge is 1.85. The van der Waals surface area contributed by atoms with Crippen molar-refractivity contribution in [3.63, 3.8) is 0 Å². The van der Waals surface area contributed by atoms with Crippen molar-refractivity contribution >= 4 is 0 Å². The molecule has 0 aromatic rings. The van der Waals surface area contributed by atoms with Crippen LogP contribution in [0.25, 0.3) is 0 Å². The average Bonchev–Trinajstić information content (AvgIpc) is 1.76. The van der Waals surface area contributed by atoms with Gasteiger partial charge in [0.1, 0.15) is 5.22 Å². The van der Waals surface area contributed by atoms with E-state index in [0.29, 0.717) is 0 Å². The van der Waals surface area contributed by atoms with E-state index in [2.05, 4.69) is 15.8 Å². The zero-order valence-electron chi connectivity index (χ0n) is 2.55. The van der Waals surface area contributed by atoms with Crippen LogP contribution in [0.1, 0.15) is 0 Å². The first-order valence-electron chi connectivity index (χ1n) is 1.30. The number of nitrogens with one attached hydrogen (secondary N) is 1. The highest BCUT2D eigenvalue weighted by atomic mass is 15.4. The quantitative estimate of drug-likeness (QED) is 0.419. The van der Waals surface area contributed by atoms with Gasteiger partial charge in [0.2, 0.25) is 6.20 Å². The lowest BCUT2D eigenvalue weighted by Gasteiger charge is -1.51. The van der Waals surface area contributed by atoms with Gasteiger partial charge in [0.15, 0.2) is 6.20 Å². The molecule has 0 atom stereocenters. The second-order valence-corrected chi connectivity index (χ2v) is 0.660. The number of hydrogen-bond acceptors (Lipinski definition) is 3. The molecule has 0 saturated carbocycles. The maximum Gasteiger partial charge on any atom is 0.208 e. The Morgan fingerprint density at radius 1 is 1.80 bits per heavy atom. The Labute approximate surface area is 29.4 Å². The van der Waals surface area contributed by atoms with E-state index in [4.69, 9.17) is 0 Å². The highest BCUT2D eigenvalue weighted by molar-refractivity contribution is 4.74. The summed E-state index contributed by atoms with van der Waals surface area (Å²) >= 11 is 0. The van der Waals surface area contributed by atoms with E-state index in [1.54, 1.807) is 12.4 Å². The summed E-state index contributed by atoms with van der Waals surface area (Å²) in [4.78, 5) is 0. The van der Waals surface area contributed by atoms with Gasteiger partial charge in [0, 0.05) is 0 Å². The normalized spacial score (nSPS) is 16.0. The van der Waals surface area contributed by atoms with Gasteiger partial charge in [-0.3, -0.25) is 0 Å². The molecular formula is C2H3N3+. The molecule has 1 heterocycles. The third-order valence-electron chi connectivity index (χ3n) is 0.331. The first-order valence-corrected chi connectivity index (χ1v) is 1.30. The van der Waals surface area contributed by atoms with Crippen molar-refractivity contribution in [2.45, 2.75) is 0 Å². The van der Waals surface area contributed by atoms with Crippen molar-refractivity contribution in [2.75, 3.05) is 0 Å². The summed E-state index contributed by atoms with van der Waals surface area (Å²) in [7, 11) is 0. The Morgan fingerprint density at radius 3 is 3.00 bits per heavy atom. The van der Waals surface area contributed by atoms with Gasteiger partial charge >= 0.3 is 0 Å². The van der Waals surface area contributed by atoms with Gasteiger partial charge < -0.3 is 0 Å². The second kappa shape index (κ2) is 0.839. The predicted molar refractivity (Wildman–Crippen MR) is 16.8 cm³/mol. The lowest BCUT2D eigenvalue weighted by Crippen LogP contribution is -1.83. The molecule has 25 valence electrons. The molecule has 3 nitrogen and oxygen atoms in total. The fraction of sp³-hybridized carbons (Fsp3) is 0. The molecule has 0 bridgehead atoms. The monoisotopic (exact) mass is 69.0 g/mol. The van der Waals surface area contributed by atoms with Crippen LogP contribution >= 0.6 is 0 Å². The molecule has 0 aromatic heterocycles. The molecular weight excluding hydrogens is 66.0 g/mol. The zero-order chi connectivity index (χ0) is 3.54. The van der Waals surface area contributed by atoms with E-state index in [1.807, 2.05) is 0 Å². The summed E-state index contributed by atoms with van der Waals surface area (Å²) in [6.45, 7) is 0. The van der Waals surface area contributed by atoms with Gasteiger partial charge in [-0.2, -0.15) is 0 Å². The fourth-order valence-corrected chi connectivity index (χ4v) is 0.167. The largest absolute Gasteiger partial charge is 0.208 e. The first-order chi connectivity index (χ1) is 2.50. The molecule has 5 heavy (non-hydrogen) atoms. The Kier molecular flexibility index (Phi) is 0.400. The van der Waals surface area contributed by atoms with Crippen molar-refractivity contribution < 1.29 is 0 Å². The SMILES string of the molecule is C1=CNN=[N+]1. The second-order valence-electron chi connectivity index (χ2n) is 0.660. The maximum atomic E-state index is 3.42. The molecule has 1 aliphatic heterocycles. The van der Waals surface area contributed by atoms with Crippen LogP contribution in [-0.2, 0) is 0 Å². The molecule has 0 saturated heterocycles. The van der Waals surface area contributed by atoms with Crippen LogP contribution in [0.15, 0.2) is 17.6 Å². The lowest BCUT2D eigenvalue weighted by molar-refractivity contribution is 0.883. The standard InChI is InChI=1S/C2H3N3/c1-2-4-5-3-1/h1-2H,(H,3,5)/q+1. The first kappa shape index (κ1) is 2.38. The minimum atomic E-state index is 1.58. The van der Waals surface area contributed by atoms with Gasteiger partial charge in [0.25, 0.3) is 0 Å². The van der Waals surface area contributed by atoms with Crippen LogP contribution in [0, 0.1) is 0 Å². The van der Waals surface area contributed by atoms with Gasteiger partial charge in [-0.1, -0.05) is 0 Å². The number of hydrogen-bond donors (Lipinski definition) is 1. The fourth-order valence-electron chi connectivity index (χ4n) is 0.167. The summed E-state index contributed by atoms with van der Waals surface area (Å²) in [5.74, 6) is 0. The van der Waals surface area contributed by atoms with E-state index < -0.39 is 0 Å². The Bertz CT molecular complexity index is 63.0. The lowest BCUT2D eigenvalue weighted by atomic mass is 11.0. The molecule has 3 heteroatoms. The van der Waals surface area contributed by atoms with Crippen LogP contribution in [-0.4, -0.2) is 0 Å². The van der Waals surface area contributed by atoms with E-state index in [0.717, 1.165) is 0 Å². The third kappa shape index (κ3) is 0.238. The molecule has 1 N–H and O–H groups in total. The average molecular weight is 69.1 g/mol. The molecule has 1 rings (SSSR count). The molecule has 0 aromatic carbocycles. The topological polar surface area (TPSA) is 38.5 Å². The summed E-state index contributed by atoms with van der Waals surface area (Å²) in [6.07, 6.45) is 3.24. The Hall–Kier alpha value is -0.860. The van der Waals surface area contributed by atoms with E-state index >= 15 is 0 Å². The van der Waals surface area contributed by atoms with Gasteiger partial charge in [-0.15, -0.1) is 5.43 Å². The zero-order valence-corrected chi connectivity index (χ0v) is 2.55. The van der Waals surface area contributed by atoms with Crippen molar-refractivity contribution in [1.82, 2.24) is 10.5 Å². The van der Waals surface area contributed by atoms with Crippen molar-refractivity contribution in [3.8, 4) is 0 Å². The van der Waals surface area contributed by atoms with Gasteiger partial charge in [-0.25, -0.2) is 0 Å². The summed E-state index contributed by atoms with van der Waals surface area (Å²) in [5, 5.41) is 6.76. The molecule has 0 amide bonds. The highest BCUT2D eigenvalue weighted by Crippen LogP contribution is 1.66. The van der Waals surface area contributed by atoms with Crippen LogP contribution in [0.5, 0.6) is 0 Å². The summed E-state index contributed by atoms with van der Waals surface area (Å²) in [6, 6.07) is 0. The minimum Gasteiger partial charge on any atom is -0.147 e. The van der Waals surface area contributed by atoms with E-state index in [-0.39, 0.29) is 0 Å². The summed E-state index contributed by atoms with van der Waals surface area (Å²) in [5.41, 5.74) is 2.50. The van der Waals surface area contributed by atoms with Crippen LogP contribution in [0.2, 0.25) is 0 Å². The smallest absolute Gasteiger partial charge is 0.147 e. The predicted octanol–water partition coefficient (Wildman–Crippen LogP) is -0.236. The van der Waals surface area contributed by atoms with Crippen molar-refractivity contribution in [2.24, 2.45) is 5.22 Å². The van der Waals surface area contributed by atoms with Gasteiger partial charge in [-0.05, 0) is 0 Å². The molecule has 0 spiro atoms. The number of nitrogens with zero attached hydrogens (tertiary/aromatic N) is 2. The molecule has 0 fully saturated rings. The number of rotatable bonds is 0. The molecule has 1 aliphatic rings. The Morgan fingerprint density at radius 2 is 2.80 bits per heavy atom. The van der Waals surface area contributed by atoms with Crippen molar-refractivity contribution in [3.05, 3.63) is 12.4 Å². The van der Waals surface area contributed by atoms with Crippen LogP contribution in [0.3, 0.4) is 0 Å². The molecule has 0 unspecified atom stereocenters. The van der Waals surface area contributed by atoms with Crippen LogP contribution in [0.4, 0.5) is 0 Å². The molecule has 0 aliphatic carbocycles.